The van der Waals surface area contributed by atoms with Crippen molar-refractivity contribution in [3.05, 3.63) is 35.4 Å². The van der Waals surface area contributed by atoms with Gasteiger partial charge in [0.05, 0.1) is 12.6 Å². The SMILES string of the molecule is Cc1ccc(C2CSCCN2C(=O)CN)cc1.Cl. The summed E-state index contributed by atoms with van der Waals surface area (Å²) in [6.45, 7) is 2.98. The average molecular weight is 287 g/mol. The fraction of sp³-hybridized carbons (Fsp3) is 0.462. The Labute approximate surface area is 119 Å². The summed E-state index contributed by atoms with van der Waals surface area (Å²) in [5.74, 6) is 2.03. The van der Waals surface area contributed by atoms with Crippen molar-refractivity contribution >= 4 is 30.1 Å². The summed E-state index contributed by atoms with van der Waals surface area (Å²) < 4.78 is 0. The lowest BCUT2D eigenvalue weighted by atomic mass is 10.0. The largest absolute Gasteiger partial charge is 0.333 e. The molecule has 1 amide bonds. The Bertz CT molecular complexity index is 396. The molecular weight excluding hydrogens is 268 g/mol. The number of thioether (sulfide) groups is 1. The molecule has 1 unspecified atom stereocenters. The van der Waals surface area contributed by atoms with E-state index in [-0.39, 0.29) is 30.9 Å². The maximum absolute atomic E-state index is 11.8. The third kappa shape index (κ3) is 3.40. The number of aryl methyl sites for hydroxylation is 1. The standard InChI is InChI=1S/C13H18N2OS.ClH/c1-10-2-4-11(5-3-10)12-9-17-7-6-15(12)13(16)8-14;/h2-5,12H,6-9,14H2,1H3;1H. The number of hydrogen-bond acceptors (Lipinski definition) is 3. The number of halogens is 1. The van der Waals surface area contributed by atoms with Crippen molar-refractivity contribution in [1.29, 1.82) is 0 Å². The molecular formula is C13H19ClN2OS. The molecule has 0 saturated carbocycles. The number of nitrogens with two attached hydrogens (primary N) is 1. The van der Waals surface area contributed by atoms with Crippen LogP contribution in [0.2, 0.25) is 0 Å². The van der Waals surface area contributed by atoms with Crippen LogP contribution in [0.1, 0.15) is 17.2 Å². The summed E-state index contributed by atoms with van der Waals surface area (Å²) in [6, 6.07) is 8.61. The van der Waals surface area contributed by atoms with Crippen molar-refractivity contribution in [1.82, 2.24) is 4.90 Å². The third-order valence-electron chi connectivity index (χ3n) is 3.09. The molecule has 2 N–H and O–H groups in total. The molecule has 0 aliphatic carbocycles. The van der Waals surface area contributed by atoms with E-state index in [0.29, 0.717) is 0 Å². The topological polar surface area (TPSA) is 46.3 Å². The second-order valence-corrected chi connectivity index (χ2v) is 5.44. The van der Waals surface area contributed by atoms with Gasteiger partial charge in [0, 0.05) is 18.1 Å². The number of nitrogens with zero attached hydrogens (tertiary/aromatic N) is 1. The predicted molar refractivity (Wildman–Crippen MR) is 79.3 cm³/mol. The minimum absolute atomic E-state index is 0. The first-order chi connectivity index (χ1) is 8.22. The van der Waals surface area contributed by atoms with E-state index in [4.69, 9.17) is 5.73 Å². The Hall–Kier alpha value is -0.710. The van der Waals surface area contributed by atoms with Crippen molar-refractivity contribution in [2.75, 3.05) is 24.6 Å². The van der Waals surface area contributed by atoms with Gasteiger partial charge in [0.1, 0.15) is 0 Å². The average Bonchev–Trinajstić information content (AvgIpc) is 2.39. The smallest absolute Gasteiger partial charge is 0.236 e. The highest BCUT2D eigenvalue weighted by atomic mass is 35.5. The fourth-order valence-corrected chi connectivity index (χ4v) is 3.17. The Morgan fingerprint density at radius 1 is 1.44 bits per heavy atom. The lowest BCUT2D eigenvalue weighted by Crippen LogP contribution is -2.43. The number of amides is 1. The number of carbonyl (C=O) groups excluding carboxylic acids is 1. The van der Waals surface area contributed by atoms with Crippen molar-refractivity contribution in [3.8, 4) is 0 Å². The Morgan fingerprint density at radius 2 is 2.11 bits per heavy atom. The van der Waals surface area contributed by atoms with Crippen LogP contribution in [0.15, 0.2) is 24.3 Å². The van der Waals surface area contributed by atoms with Gasteiger partial charge in [-0.25, -0.2) is 0 Å². The molecule has 1 aromatic rings. The lowest BCUT2D eigenvalue weighted by molar-refractivity contribution is -0.131. The molecule has 5 heteroatoms. The molecule has 1 saturated heterocycles. The molecule has 18 heavy (non-hydrogen) atoms. The molecule has 1 atom stereocenters. The summed E-state index contributed by atoms with van der Waals surface area (Å²) in [7, 11) is 0. The van der Waals surface area contributed by atoms with Gasteiger partial charge in [0.2, 0.25) is 5.91 Å². The Kier molecular flexibility index (Phi) is 5.99. The molecule has 3 nitrogen and oxygen atoms in total. The fourth-order valence-electron chi connectivity index (χ4n) is 2.08. The number of benzene rings is 1. The summed E-state index contributed by atoms with van der Waals surface area (Å²) in [5, 5.41) is 0. The molecule has 1 aromatic carbocycles. The van der Waals surface area contributed by atoms with Crippen LogP contribution in [0.4, 0.5) is 0 Å². The second kappa shape index (κ2) is 7.02. The van der Waals surface area contributed by atoms with Crippen molar-refractivity contribution < 1.29 is 4.79 Å². The van der Waals surface area contributed by atoms with Crippen molar-refractivity contribution in [2.45, 2.75) is 13.0 Å². The first kappa shape index (κ1) is 15.3. The zero-order valence-electron chi connectivity index (χ0n) is 10.5. The lowest BCUT2D eigenvalue weighted by Gasteiger charge is -2.35. The Morgan fingerprint density at radius 3 is 2.72 bits per heavy atom. The van der Waals surface area contributed by atoms with Crippen LogP contribution in [-0.2, 0) is 4.79 Å². The molecule has 0 bridgehead atoms. The minimum Gasteiger partial charge on any atom is -0.333 e. The van der Waals surface area contributed by atoms with Gasteiger partial charge in [0.15, 0.2) is 0 Å². The maximum atomic E-state index is 11.8. The van der Waals surface area contributed by atoms with Gasteiger partial charge in [0.25, 0.3) is 0 Å². The van der Waals surface area contributed by atoms with Gasteiger partial charge in [-0.2, -0.15) is 11.8 Å². The molecule has 100 valence electrons. The molecule has 2 rings (SSSR count). The molecule has 0 spiro atoms. The predicted octanol–water partition coefficient (Wildman–Crippen LogP) is 1.99. The van der Waals surface area contributed by atoms with Crippen LogP contribution in [-0.4, -0.2) is 35.4 Å². The maximum Gasteiger partial charge on any atom is 0.236 e. The van der Waals surface area contributed by atoms with E-state index < -0.39 is 0 Å². The molecule has 1 heterocycles. The van der Waals surface area contributed by atoms with Crippen molar-refractivity contribution in [3.63, 3.8) is 0 Å². The second-order valence-electron chi connectivity index (χ2n) is 4.29. The van der Waals surface area contributed by atoms with Crippen LogP contribution < -0.4 is 5.73 Å². The molecule has 0 aromatic heterocycles. The van der Waals surface area contributed by atoms with Crippen LogP contribution in [0, 0.1) is 6.92 Å². The molecule has 1 fully saturated rings. The van der Waals surface area contributed by atoms with E-state index in [2.05, 4.69) is 31.2 Å². The van der Waals surface area contributed by atoms with E-state index >= 15 is 0 Å². The molecule has 0 radical (unpaired) electrons. The van der Waals surface area contributed by atoms with E-state index in [1.54, 1.807) is 0 Å². The van der Waals surface area contributed by atoms with Gasteiger partial charge >= 0.3 is 0 Å². The summed E-state index contributed by atoms with van der Waals surface area (Å²) in [4.78, 5) is 13.7. The summed E-state index contributed by atoms with van der Waals surface area (Å²) in [5.41, 5.74) is 7.93. The first-order valence-electron chi connectivity index (χ1n) is 5.86. The quantitative estimate of drug-likeness (QED) is 0.904. The monoisotopic (exact) mass is 286 g/mol. The van der Waals surface area contributed by atoms with E-state index in [0.717, 1.165) is 18.1 Å². The van der Waals surface area contributed by atoms with Gasteiger partial charge < -0.3 is 10.6 Å². The summed E-state index contributed by atoms with van der Waals surface area (Å²) >= 11 is 1.90. The highest BCUT2D eigenvalue weighted by Gasteiger charge is 2.27. The summed E-state index contributed by atoms with van der Waals surface area (Å²) in [6.07, 6.45) is 0. The van der Waals surface area contributed by atoms with E-state index in [9.17, 15) is 4.79 Å². The van der Waals surface area contributed by atoms with E-state index in [1.807, 2.05) is 16.7 Å². The number of rotatable bonds is 2. The highest BCUT2D eigenvalue weighted by Crippen LogP contribution is 2.29. The van der Waals surface area contributed by atoms with Crippen LogP contribution in [0.3, 0.4) is 0 Å². The third-order valence-corrected chi connectivity index (χ3v) is 4.11. The molecule has 1 aliphatic heterocycles. The van der Waals surface area contributed by atoms with Gasteiger partial charge in [-0.15, -0.1) is 12.4 Å². The van der Waals surface area contributed by atoms with Crippen LogP contribution >= 0.6 is 24.2 Å². The Balaban J connectivity index is 0.00000162. The molecule has 1 aliphatic rings. The van der Waals surface area contributed by atoms with Crippen molar-refractivity contribution in [2.24, 2.45) is 5.73 Å². The van der Waals surface area contributed by atoms with Gasteiger partial charge in [-0.1, -0.05) is 29.8 Å². The number of carbonyl (C=O) groups is 1. The highest BCUT2D eigenvalue weighted by molar-refractivity contribution is 7.99. The van der Waals surface area contributed by atoms with Gasteiger partial charge in [-0.05, 0) is 12.5 Å². The van der Waals surface area contributed by atoms with Crippen LogP contribution in [0.25, 0.3) is 0 Å². The minimum atomic E-state index is 0. The zero-order chi connectivity index (χ0) is 12.3. The van der Waals surface area contributed by atoms with Crippen LogP contribution in [0.5, 0.6) is 0 Å². The normalized spacial score (nSPS) is 19.2. The zero-order valence-corrected chi connectivity index (χ0v) is 12.1. The number of hydrogen-bond donors (Lipinski definition) is 1. The first-order valence-corrected chi connectivity index (χ1v) is 7.01. The van der Waals surface area contributed by atoms with Gasteiger partial charge in [-0.3, -0.25) is 4.79 Å². The van der Waals surface area contributed by atoms with E-state index in [1.165, 1.54) is 11.1 Å².